The Morgan fingerprint density at radius 1 is 1.29 bits per heavy atom. The van der Waals surface area contributed by atoms with Gasteiger partial charge in [0.15, 0.2) is 0 Å². The average Bonchev–Trinajstić information content (AvgIpc) is 2.56. The maximum absolute atomic E-state index is 12.2. The minimum atomic E-state index is -0.881. The van der Waals surface area contributed by atoms with Crippen LogP contribution in [0.25, 0.3) is 0 Å². The van der Waals surface area contributed by atoms with Crippen LogP contribution in [-0.4, -0.2) is 34.0 Å². The third-order valence-corrected chi connectivity index (χ3v) is 4.28. The predicted molar refractivity (Wildman–Crippen MR) is 87.6 cm³/mol. The molecule has 1 aliphatic heterocycles. The lowest BCUT2D eigenvalue weighted by molar-refractivity contribution is -0.138. The fourth-order valence-corrected chi connectivity index (χ4v) is 3.18. The number of pyridine rings is 1. The van der Waals surface area contributed by atoms with E-state index in [9.17, 15) is 14.9 Å². The van der Waals surface area contributed by atoms with Gasteiger partial charge in [-0.2, -0.15) is 5.26 Å². The lowest BCUT2D eigenvalue weighted by Crippen LogP contribution is -2.37. The molecule has 0 atom stereocenters. The van der Waals surface area contributed by atoms with Crippen LogP contribution in [0.5, 0.6) is 0 Å². The number of aromatic amines is 1. The van der Waals surface area contributed by atoms with E-state index in [0.29, 0.717) is 25.9 Å². The van der Waals surface area contributed by atoms with E-state index in [2.05, 4.69) is 4.98 Å². The van der Waals surface area contributed by atoms with Gasteiger partial charge < -0.3 is 10.1 Å². The van der Waals surface area contributed by atoms with Gasteiger partial charge in [0.1, 0.15) is 11.6 Å². The molecule has 122 valence electrons. The number of benzene rings is 1. The van der Waals surface area contributed by atoms with Gasteiger partial charge in [0, 0.05) is 25.2 Å². The summed E-state index contributed by atoms with van der Waals surface area (Å²) >= 11 is 0. The molecule has 0 radical (unpaired) electrons. The molecule has 24 heavy (non-hydrogen) atoms. The zero-order valence-corrected chi connectivity index (χ0v) is 13.1. The highest BCUT2D eigenvalue weighted by molar-refractivity contribution is 5.69. The molecule has 6 nitrogen and oxygen atoms in total. The first-order valence-electron chi connectivity index (χ1n) is 7.73. The summed E-state index contributed by atoms with van der Waals surface area (Å²) in [5, 5.41) is 18.3. The number of carboxylic acid groups (broad SMARTS) is 1. The van der Waals surface area contributed by atoms with Crippen molar-refractivity contribution in [1.29, 1.82) is 5.26 Å². The molecule has 0 saturated heterocycles. The van der Waals surface area contributed by atoms with Crippen LogP contribution < -0.4 is 5.56 Å². The Morgan fingerprint density at radius 3 is 2.71 bits per heavy atom. The number of carbonyl (C=O) groups is 1. The normalized spacial score (nSPS) is 14.0. The highest BCUT2D eigenvalue weighted by Crippen LogP contribution is 2.24. The van der Waals surface area contributed by atoms with Crippen molar-refractivity contribution < 1.29 is 9.90 Å². The van der Waals surface area contributed by atoms with Gasteiger partial charge in [-0.1, -0.05) is 30.3 Å². The van der Waals surface area contributed by atoms with Gasteiger partial charge in [-0.25, -0.2) is 0 Å². The Morgan fingerprint density at radius 2 is 2.04 bits per heavy atom. The quantitative estimate of drug-likeness (QED) is 0.883. The highest BCUT2D eigenvalue weighted by atomic mass is 16.4. The van der Waals surface area contributed by atoms with Crippen molar-refractivity contribution in [2.45, 2.75) is 19.4 Å². The minimum Gasteiger partial charge on any atom is -0.480 e. The Hall–Kier alpha value is -2.91. The van der Waals surface area contributed by atoms with Gasteiger partial charge in [0.25, 0.3) is 5.56 Å². The summed E-state index contributed by atoms with van der Waals surface area (Å²) in [5.41, 5.74) is 3.23. The summed E-state index contributed by atoms with van der Waals surface area (Å²) in [5.74, 6) is -0.881. The largest absolute Gasteiger partial charge is 0.480 e. The van der Waals surface area contributed by atoms with Gasteiger partial charge in [0.05, 0.1) is 6.54 Å². The fraction of sp³-hybridized carbons (Fsp3) is 0.278. The number of H-pyrrole nitrogens is 1. The van der Waals surface area contributed by atoms with Gasteiger partial charge in [0.2, 0.25) is 0 Å². The van der Waals surface area contributed by atoms with Crippen LogP contribution in [0.15, 0.2) is 35.1 Å². The second kappa shape index (κ2) is 6.69. The van der Waals surface area contributed by atoms with Crippen molar-refractivity contribution in [3.63, 3.8) is 0 Å². The summed E-state index contributed by atoms with van der Waals surface area (Å²) < 4.78 is 0. The van der Waals surface area contributed by atoms with Crippen LogP contribution in [0.4, 0.5) is 0 Å². The van der Waals surface area contributed by atoms with E-state index < -0.39 is 5.97 Å². The molecule has 0 bridgehead atoms. The lowest BCUT2D eigenvalue weighted by atomic mass is 9.92. The number of nitrogens with zero attached hydrogens (tertiary/aromatic N) is 2. The van der Waals surface area contributed by atoms with Crippen LogP contribution in [0.1, 0.15) is 27.9 Å². The SMILES string of the molecule is N#Cc1c2c(c(Cc3ccccc3)[nH]c1=O)CN(CC(=O)O)CC2. The third kappa shape index (κ3) is 3.21. The fourth-order valence-electron chi connectivity index (χ4n) is 3.18. The molecule has 1 aliphatic rings. The number of nitriles is 1. The van der Waals surface area contributed by atoms with Gasteiger partial charge in [-0.15, -0.1) is 0 Å². The number of carboxylic acids is 1. The molecule has 2 N–H and O–H groups in total. The zero-order chi connectivity index (χ0) is 17.1. The summed E-state index contributed by atoms with van der Waals surface area (Å²) in [6.45, 7) is 0.905. The average molecular weight is 323 g/mol. The van der Waals surface area contributed by atoms with Crippen LogP contribution in [0.3, 0.4) is 0 Å². The first kappa shape index (κ1) is 16.0. The molecule has 2 heterocycles. The van der Waals surface area contributed by atoms with Crippen LogP contribution in [0.2, 0.25) is 0 Å². The van der Waals surface area contributed by atoms with E-state index in [0.717, 1.165) is 22.4 Å². The van der Waals surface area contributed by atoms with E-state index >= 15 is 0 Å². The second-order valence-electron chi connectivity index (χ2n) is 5.89. The molecule has 0 unspecified atom stereocenters. The van der Waals surface area contributed by atoms with Crippen molar-refractivity contribution in [3.05, 3.63) is 68.6 Å². The molecule has 0 saturated carbocycles. The number of hydrogen-bond donors (Lipinski definition) is 2. The van der Waals surface area contributed by atoms with Gasteiger partial charge in [-0.3, -0.25) is 14.5 Å². The second-order valence-corrected chi connectivity index (χ2v) is 5.89. The monoisotopic (exact) mass is 323 g/mol. The van der Waals surface area contributed by atoms with E-state index in [-0.39, 0.29) is 17.7 Å². The molecule has 0 aliphatic carbocycles. The minimum absolute atomic E-state index is 0.0504. The van der Waals surface area contributed by atoms with E-state index in [1.165, 1.54) is 0 Å². The Balaban J connectivity index is 2.03. The number of aromatic nitrogens is 1. The van der Waals surface area contributed by atoms with E-state index in [1.54, 1.807) is 0 Å². The molecule has 1 aromatic carbocycles. The lowest BCUT2D eigenvalue weighted by Gasteiger charge is -2.29. The maximum Gasteiger partial charge on any atom is 0.317 e. The smallest absolute Gasteiger partial charge is 0.317 e. The van der Waals surface area contributed by atoms with Crippen molar-refractivity contribution in [3.8, 4) is 6.07 Å². The first-order chi connectivity index (χ1) is 11.6. The van der Waals surface area contributed by atoms with Crippen LogP contribution in [-0.2, 0) is 24.2 Å². The first-order valence-corrected chi connectivity index (χ1v) is 7.73. The van der Waals surface area contributed by atoms with Gasteiger partial charge >= 0.3 is 5.97 Å². The summed E-state index contributed by atoms with van der Waals surface area (Å²) in [6.07, 6.45) is 1.06. The number of nitrogens with one attached hydrogen (secondary N) is 1. The highest BCUT2D eigenvalue weighted by Gasteiger charge is 2.25. The zero-order valence-electron chi connectivity index (χ0n) is 13.1. The van der Waals surface area contributed by atoms with E-state index in [1.807, 2.05) is 41.3 Å². The number of hydrogen-bond acceptors (Lipinski definition) is 4. The summed E-state index contributed by atoms with van der Waals surface area (Å²) in [6, 6.07) is 11.7. The number of aliphatic carboxylic acids is 1. The Bertz CT molecular complexity index is 866. The van der Waals surface area contributed by atoms with Crippen molar-refractivity contribution in [2.24, 2.45) is 0 Å². The Kier molecular flexibility index (Phi) is 4.45. The third-order valence-electron chi connectivity index (χ3n) is 4.28. The maximum atomic E-state index is 12.2. The molecular weight excluding hydrogens is 306 g/mol. The van der Waals surface area contributed by atoms with Crippen LogP contribution in [0, 0.1) is 11.3 Å². The van der Waals surface area contributed by atoms with Crippen molar-refractivity contribution in [1.82, 2.24) is 9.88 Å². The molecular formula is C18H17N3O3. The van der Waals surface area contributed by atoms with E-state index in [4.69, 9.17) is 5.11 Å². The van der Waals surface area contributed by atoms with Crippen molar-refractivity contribution in [2.75, 3.05) is 13.1 Å². The summed E-state index contributed by atoms with van der Waals surface area (Å²) in [4.78, 5) is 27.8. The molecule has 0 amide bonds. The molecule has 0 fully saturated rings. The number of rotatable bonds is 4. The topological polar surface area (TPSA) is 97.2 Å². The molecule has 2 aromatic rings. The molecule has 1 aromatic heterocycles. The predicted octanol–water partition coefficient (Wildman–Crippen LogP) is 1.28. The molecule has 3 rings (SSSR count). The summed E-state index contributed by atoms with van der Waals surface area (Å²) in [7, 11) is 0. The standard InChI is InChI=1S/C18H17N3O3/c19-9-14-13-6-7-21(11-17(22)23)10-15(13)16(20-18(14)24)8-12-4-2-1-3-5-12/h1-5H,6-8,10-11H2,(H,20,24)(H,22,23). The Labute approximate surface area is 139 Å². The van der Waals surface area contributed by atoms with Crippen molar-refractivity contribution >= 4 is 5.97 Å². The molecule has 0 spiro atoms. The molecule has 6 heteroatoms. The van der Waals surface area contributed by atoms with Crippen LogP contribution >= 0.6 is 0 Å². The van der Waals surface area contributed by atoms with Gasteiger partial charge in [-0.05, 0) is 23.1 Å². The number of fused-ring (bicyclic) bond motifs is 1.